The van der Waals surface area contributed by atoms with Gasteiger partial charge < -0.3 is 18.6 Å². The highest BCUT2D eigenvalue weighted by atomic mass is 79.9. The summed E-state index contributed by atoms with van der Waals surface area (Å²) in [6.07, 6.45) is -0.438. The van der Waals surface area contributed by atoms with Crippen LogP contribution in [0, 0.1) is 0 Å². The number of rotatable bonds is 3. The van der Waals surface area contributed by atoms with Gasteiger partial charge in [-0.05, 0) is 75.7 Å². The number of ether oxygens (including phenoxy) is 3. The van der Waals surface area contributed by atoms with Gasteiger partial charge in [0.2, 0.25) is 5.89 Å². The number of aromatic nitrogens is 2. The second kappa shape index (κ2) is 9.01. The third-order valence-electron chi connectivity index (χ3n) is 4.03. The zero-order valence-corrected chi connectivity index (χ0v) is 21.1. The number of oxazole rings is 1. The number of pyridine rings is 1. The summed E-state index contributed by atoms with van der Waals surface area (Å²) in [7, 11) is 1.52. The van der Waals surface area contributed by atoms with Crippen LogP contribution in [-0.2, 0) is 9.47 Å². The summed E-state index contributed by atoms with van der Waals surface area (Å²) in [5.74, 6) is 0.578. The van der Waals surface area contributed by atoms with Crippen molar-refractivity contribution in [3.05, 3.63) is 34.9 Å². The Morgan fingerprint density at radius 1 is 1.03 bits per heavy atom. The Balaban J connectivity index is 2.19. The van der Waals surface area contributed by atoms with Crippen molar-refractivity contribution in [3.63, 3.8) is 0 Å². The van der Waals surface area contributed by atoms with Gasteiger partial charge in [0.15, 0.2) is 17.2 Å². The normalized spacial score (nSPS) is 11.9. The molecule has 2 heterocycles. The molecule has 0 saturated carbocycles. The zero-order chi connectivity index (χ0) is 24.6. The van der Waals surface area contributed by atoms with E-state index in [-0.39, 0.29) is 17.3 Å². The third kappa shape index (κ3) is 5.81. The van der Waals surface area contributed by atoms with Gasteiger partial charge in [0, 0.05) is 10.7 Å². The molecule has 0 aliphatic carbocycles. The lowest BCUT2D eigenvalue weighted by atomic mass is 10.2. The molecule has 33 heavy (non-hydrogen) atoms. The van der Waals surface area contributed by atoms with Crippen LogP contribution in [0.1, 0.15) is 41.5 Å². The van der Waals surface area contributed by atoms with Crippen LogP contribution in [-0.4, -0.2) is 40.5 Å². The topological polar surface area (TPSA) is 104 Å². The van der Waals surface area contributed by atoms with Gasteiger partial charge in [-0.25, -0.2) is 19.6 Å². The van der Waals surface area contributed by atoms with Crippen molar-refractivity contribution in [2.75, 3.05) is 12.0 Å². The maximum absolute atomic E-state index is 13.1. The first-order chi connectivity index (χ1) is 15.3. The molecular formula is C23H26BrN3O6. The van der Waals surface area contributed by atoms with Crippen LogP contribution in [0.25, 0.3) is 22.6 Å². The zero-order valence-electron chi connectivity index (χ0n) is 19.6. The summed E-state index contributed by atoms with van der Waals surface area (Å²) < 4.78 is 22.8. The number of amides is 2. The fourth-order valence-corrected chi connectivity index (χ4v) is 3.16. The molecule has 0 aliphatic rings. The summed E-state index contributed by atoms with van der Waals surface area (Å²) >= 11 is 3.38. The molecule has 2 aromatic heterocycles. The molecule has 3 rings (SSSR count). The number of anilines is 1. The average molecular weight is 520 g/mol. The molecule has 9 nitrogen and oxygen atoms in total. The number of hydrogen-bond acceptors (Lipinski definition) is 8. The lowest BCUT2D eigenvalue weighted by Gasteiger charge is -2.28. The van der Waals surface area contributed by atoms with E-state index in [4.69, 9.17) is 18.6 Å². The first-order valence-electron chi connectivity index (χ1n) is 10.1. The molecule has 0 aliphatic heterocycles. The minimum atomic E-state index is -0.943. The van der Waals surface area contributed by atoms with Gasteiger partial charge in [0.1, 0.15) is 16.7 Å². The molecule has 3 aromatic rings. The van der Waals surface area contributed by atoms with Gasteiger partial charge in [-0.2, -0.15) is 4.90 Å². The summed E-state index contributed by atoms with van der Waals surface area (Å²) in [6, 6.07) is 6.92. The molecule has 10 heteroatoms. The number of fused-ring (bicyclic) bond motifs is 1. The Kier molecular flexibility index (Phi) is 6.69. The average Bonchev–Trinajstić information content (AvgIpc) is 3.10. The quantitative estimate of drug-likeness (QED) is 0.394. The summed E-state index contributed by atoms with van der Waals surface area (Å²) in [4.78, 5) is 35.8. The van der Waals surface area contributed by atoms with E-state index in [1.807, 2.05) is 0 Å². The predicted molar refractivity (Wildman–Crippen MR) is 126 cm³/mol. The Labute approximate surface area is 200 Å². The van der Waals surface area contributed by atoms with E-state index in [9.17, 15) is 9.59 Å². The van der Waals surface area contributed by atoms with Gasteiger partial charge >= 0.3 is 12.2 Å². The highest BCUT2D eigenvalue weighted by Gasteiger charge is 2.36. The van der Waals surface area contributed by atoms with Crippen molar-refractivity contribution >= 4 is 45.0 Å². The Bertz CT molecular complexity index is 1170. The van der Waals surface area contributed by atoms with E-state index >= 15 is 0 Å². The number of halogens is 1. The number of imide groups is 1. The molecule has 176 valence electrons. The number of hydrogen-bond donors (Lipinski definition) is 0. The molecule has 0 saturated heterocycles. The van der Waals surface area contributed by atoms with Crippen LogP contribution in [0.4, 0.5) is 15.4 Å². The number of carbonyl (C=O) groups excluding carboxylic acids is 2. The predicted octanol–water partition coefficient (Wildman–Crippen LogP) is 6.34. The summed E-state index contributed by atoms with van der Waals surface area (Å²) in [6.45, 7) is 10.2. The van der Waals surface area contributed by atoms with Crippen LogP contribution in [0.3, 0.4) is 0 Å². The molecule has 0 bridgehead atoms. The molecule has 2 amide bonds. The first kappa shape index (κ1) is 24.5. The Hall–Kier alpha value is -3.14. The van der Waals surface area contributed by atoms with Crippen molar-refractivity contribution < 1.29 is 28.2 Å². The number of nitrogens with zero attached hydrogens (tertiary/aromatic N) is 3. The number of carbonyl (C=O) groups is 2. The molecule has 0 spiro atoms. The molecule has 0 radical (unpaired) electrons. The second-order valence-corrected chi connectivity index (χ2v) is 10.1. The minimum Gasteiger partial charge on any atom is -0.493 e. The van der Waals surface area contributed by atoms with E-state index in [1.165, 1.54) is 13.3 Å². The number of methoxy groups -OCH3 is 1. The maximum atomic E-state index is 13.1. The standard InChI is InChI=1S/C23H26BrN3O6/c1-22(2,3)32-20(28)27(21(29)33-23(4,5)6)18-14(11-13(24)12-25-18)19-26-15-9-8-10-16(30-7)17(15)31-19/h8-12H,1-7H3. The smallest absolute Gasteiger partial charge is 0.425 e. The van der Waals surface area contributed by atoms with Gasteiger partial charge in [-0.3, -0.25) is 0 Å². The van der Waals surface area contributed by atoms with Crippen molar-refractivity contribution in [2.24, 2.45) is 0 Å². The minimum absolute atomic E-state index is 0.0489. The molecule has 0 unspecified atom stereocenters. The van der Waals surface area contributed by atoms with E-state index in [0.29, 0.717) is 21.3 Å². The highest BCUT2D eigenvalue weighted by molar-refractivity contribution is 9.10. The Morgan fingerprint density at radius 3 is 2.18 bits per heavy atom. The first-order valence-corrected chi connectivity index (χ1v) is 10.9. The second-order valence-electron chi connectivity index (χ2n) is 9.15. The monoisotopic (exact) mass is 519 g/mol. The van der Waals surface area contributed by atoms with E-state index in [2.05, 4.69) is 25.9 Å². The lowest BCUT2D eigenvalue weighted by Crippen LogP contribution is -2.44. The van der Waals surface area contributed by atoms with Crippen LogP contribution < -0.4 is 9.64 Å². The van der Waals surface area contributed by atoms with Crippen molar-refractivity contribution in [2.45, 2.75) is 52.7 Å². The lowest BCUT2D eigenvalue weighted by molar-refractivity contribution is 0.0429. The van der Waals surface area contributed by atoms with E-state index < -0.39 is 23.4 Å². The Morgan fingerprint density at radius 2 is 1.64 bits per heavy atom. The fourth-order valence-electron chi connectivity index (χ4n) is 2.83. The van der Waals surface area contributed by atoms with Crippen molar-refractivity contribution in [3.8, 4) is 17.2 Å². The van der Waals surface area contributed by atoms with Gasteiger partial charge in [-0.15, -0.1) is 0 Å². The van der Waals surface area contributed by atoms with Crippen LogP contribution >= 0.6 is 15.9 Å². The van der Waals surface area contributed by atoms with Crippen LogP contribution in [0.5, 0.6) is 5.75 Å². The van der Waals surface area contributed by atoms with Crippen molar-refractivity contribution in [1.29, 1.82) is 0 Å². The van der Waals surface area contributed by atoms with Gasteiger partial charge in [0.05, 0.1) is 12.7 Å². The molecule has 0 atom stereocenters. The highest BCUT2D eigenvalue weighted by Crippen LogP contribution is 2.36. The van der Waals surface area contributed by atoms with E-state index in [1.54, 1.807) is 65.8 Å². The SMILES string of the molecule is COc1cccc2nc(-c3cc(Br)cnc3N(C(=O)OC(C)(C)C)C(=O)OC(C)(C)C)oc12. The molecule has 0 N–H and O–H groups in total. The number of benzene rings is 1. The molecule has 1 aromatic carbocycles. The fraction of sp³-hybridized carbons (Fsp3) is 0.391. The van der Waals surface area contributed by atoms with Gasteiger partial charge in [-0.1, -0.05) is 6.07 Å². The molecule has 0 fully saturated rings. The molecular weight excluding hydrogens is 494 g/mol. The summed E-state index contributed by atoms with van der Waals surface area (Å²) in [5, 5.41) is 0. The van der Waals surface area contributed by atoms with Crippen molar-refractivity contribution in [1.82, 2.24) is 9.97 Å². The summed E-state index contributed by atoms with van der Waals surface area (Å²) in [5.41, 5.74) is -0.492. The van der Waals surface area contributed by atoms with Crippen LogP contribution in [0.15, 0.2) is 39.4 Å². The maximum Gasteiger partial charge on any atom is 0.425 e. The largest absolute Gasteiger partial charge is 0.493 e. The van der Waals surface area contributed by atoms with Gasteiger partial charge in [0.25, 0.3) is 0 Å². The van der Waals surface area contributed by atoms with Crippen LogP contribution in [0.2, 0.25) is 0 Å². The third-order valence-corrected chi connectivity index (χ3v) is 4.46. The number of para-hydroxylation sites is 1. The van der Waals surface area contributed by atoms with E-state index in [0.717, 1.165) is 4.90 Å².